The molecule has 0 aromatic carbocycles. The van der Waals surface area contributed by atoms with Crippen LogP contribution in [0.3, 0.4) is 0 Å². The Morgan fingerprint density at radius 3 is 2.53 bits per heavy atom. The molecule has 1 aliphatic carbocycles. The molecular weight excluding hydrogens is 234 g/mol. The van der Waals surface area contributed by atoms with Crippen LogP contribution >= 0.6 is 0 Å². The van der Waals surface area contributed by atoms with Gasteiger partial charge in [-0.3, -0.25) is 0 Å². The molecule has 0 bridgehead atoms. The number of rotatable bonds is 5. The number of aromatic amines is 1. The van der Waals surface area contributed by atoms with Crippen molar-refractivity contribution < 1.29 is 0 Å². The minimum atomic E-state index is 0.518. The number of nitrogens with one attached hydrogen (secondary N) is 2. The number of imidazole rings is 1. The number of nitrogens with zero attached hydrogens (tertiary/aromatic N) is 1. The van der Waals surface area contributed by atoms with Crippen molar-refractivity contribution in [3.8, 4) is 0 Å². The quantitative estimate of drug-likeness (QED) is 0.848. The fourth-order valence-electron chi connectivity index (χ4n) is 3.17. The van der Waals surface area contributed by atoms with Crippen LogP contribution in [-0.2, 0) is 6.54 Å². The van der Waals surface area contributed by atoms with Crippen molar-refractivity contribution in [1.82, 2.24) is 15.3 Å². The summed E-state index contributed by atoms with van der Waals surface area (Å²) in [5, 5.41) is 3.67. The molecule has 0 atom stereocenters. The topological polar surface area (TPSA) is 40.7 Å². The van der Waals surface area contributed by atoms with Crippen molar-refractivity contribution in [1.29, 1.82) is 0 Å². The highest BCUT2D eigenvalue weighted by Crippen LogP contribution is 2.40. The summed E-state index contributed by atoms with van der Waals surface area (Å²) >= 11 is 0. The number of H-pyrrole nitrogens is 1. The number of hydrogen-bond acceptors (Lipinski definition) is 2. The summed E-state index contributed by atoms with van der Waals surface area (Å²) in [6.07, 6.45) is 8.46. The van der Waals surface area contributed by atoms with Gasteiger partial charge in [0.05, 0.1) is 12.0 Å². The second kappa shape index (κ2) is 6.08. The molecule has 0 saturated heterocycles. The summed E-state index contributed by atoms with van der Waals surface area (Å²) in [6.45, 7) is 10.2. The van der Waals surface area contributed by atoms with Gasteiger partial charge >= 0.3 is 0 Å². The van der Waals surface area contributed by atoms with E-state index in [1.165, 1.54) is 37.8 Å². The predicted octanol–water partition coefficient (Wildman–Crippen LogP) is 3.80. The normalized spacial score (nSPS) is 24.6. The summed E-state index contributed by atoms with van der Waals surface area (Å²) in [6, 6.07) is 0.681. The maximum atomic E-state index is 4.35. The van der Waals surface area contributed by atoms with Gasteiger partial charge in [0.1, 0.15) is 0 Å². The third kappa shape index (κ3) is 3.59. The van der Waals surface area contributed by atoms with Crippen LogP contribution in [0.15, 0.2) is 6.33 Å². The first-order valence-corrected chi connectivity index (χ1v) is 7.75. The van der Waals surface area contributed by atoms with Crippen LogP contribution < -0.4 is 5.32 Å². The first-order chi connectivity index (χ1) is 9.03. The van der Waals surface area contributed by atoms with Crippen molar-refractivity contribution in [2.45, 2.75) is 72.4 Å². The van der Waals surface area contributed by atoms with E-state index in [0.29, 0.717) is 11.5 Å². The number of aromatic nitrogens is 2. The van der Waals surface area contributed by atoms with Crippen LogP contribution in [0.1, 0.15) is 64.3 Å². The molecule has 19 heavy (non-hydrogen) atoms. The first kappa shape index (κ1) is 14.6. The van der Waals surface area contributed by atoms with Gasteiger partial charge in [0.25, 0.3) is 0 Å². The van der Waals surface area contributed by atoms with Crippen molar-refractivity contribution >= 4 is 0 Å². The Morgan fingerprint density at radius 1 is 1.32 bits per heavy atom. The Bertz CT molecular complexity index is 386. The molecule has 0 aliphatic heterocycles. The molecule has 2 N–H and O–H groups in total. The molecule has 3 nitrogen and oxygen atoms in total. The molecule has 108 valence electrons. The van der Waals surface area contributed by atoms with E-state index in [9.17, 15) is 0 Å². The third-order valence-corrected chi connectivity index (χ3v) is 5.24. The minimum absolute atomic E-state index is 0.518. The first-order valence-electron chi connectivity index (χ1n) is 7.75. The lowest BCUT2D eigenvalue weighted by Gasteiger charge is -2.39. The molecule has 0 radical (unpaired) electrons. The highest BCUT2D eigenvalue weighted by atomic mass is 15.0. The minimum Gasteiger partial charge on any atom is -0.348 e. The molecule has 1 aliphatic rings. The monoisotopic (exact) mass is 263 g/mol. The maximum absolute atomic E-state index is 4.35. The lowest BCUT2D eigenvalue weighted by molar-refractivity contribution is 0.136. The van der Waals surface area contributed by atoms with Crippen molar-refractivity contribution in [2.24, 2.45) is 11.3 Å². The lowest BCUT2D eigenvalue weighted by Crippen LogP contribution is -2.36. The molecule has 1 aromatic heterocycles. The summed E-state index contributed by atoms with van der Waals surface area (Å²) in [7, 11) is 0. The van der Waals surface area contributed by atoms with Gasteiger partial charge in [0, 0.05) is 18.3 Å². The van der Waals surface area contributed by atoms with Gasteiger partial charge in [-0.05, 0) is 43.9 Å². The standard InChI is InChI=1S/C16H29N3/c1-5-16(3,4)13-6-8-14(9-7-13)17-10-15-12(2)18-11-19-15/h11,13-14,17H,5-10H2,1-4H3,(H,18,19). The van der Waals surface area contributed by atoms with Crippen LogP contribution in [0.25, 0.3) is 0 Å². The van der Waals surface area contributed by atoms with E-state index in [4.69, 9.17) is 0 Å². The second-order valence-electron chi connectivity index (χ2n) is 6.75. The largest absolute Gasteiger partial charge is 0.348 e. The van der Waals surface area contributed by atoms with Crippen molar-refractivity contribution in [3.05, 3.63) is 17.7 Å². The Hall–Kier alpha value is -0.830. The van der Waals surface area contributed by atoms with E-state index < -0.39 is 0 Å². The zero-order valence-corrected chi connectivity index (χ0v) is 12.9. The van der Waals surface area contributed by atoms with Gasteiger partial charge < -0.3 is 10.3 Å². The Kier molecular flexibility index (Phi) is 4.67. The van der Waals surface area contributed by atoms with Crippen LogP contribution in [0.4, 0.5) is 0 Å². The van der Waals surface area contributed by atoms with Crippen molar-refractivity contribution in [2.75, 3.05) is 0 Å². The molecule has 1 heterocycles. The van der Waals surface area contributed by atoms with Crippen LogP contribution in [0, 0.1) is 18.3 Å². The maximum Gasteiger partial charge on any atom is 0.0925 e. The van der Waals surface area contributed by atoms with E-state index in [1.54, 1.807) is 6.33 Å². The Morgan fingerprint density at radius 2 is 2.00 bits per heavy atom. The number of aryl methyl sites for hydroxylation is 1. The zero-order valence-electron chi connectivity index (χ0n) is 12.9. The van der Waals surface area contributed by atoms with Gasteiger partial charge in [-0.1, -0.05) is 27.2 Å². The summed E-state index contributed by atoms with van der Waals surface area (Å²) < 4.78 is 0. The second-order valence-corrected chi connectivity index (χ2v) is 6.75. The predicted molar refractivity (Wildman–Crippen MR) is 80.0 cm³/mol. The molecule has 3 heteroatoms. The zero-order chi connectivity index (χ0) is 13.9. The van der Waals surface area contributed by atoms with Crippen LogP contribution in [0.5, 0.6) is 0 Å². The molecule has 1 fully saturated rings. The van der Waals surface area contributed by atoms with E-state index in [-0.39, 0.29) is 0 Å². The summed E-state index contributed by atoms with van der Waals surface area (Å²) in [5.74, 6) is 0.905. The van der Waals surface area contributed by atoms with Gasteiger partial charge in [-0.2, -0.15) is 0 Å². The molecule has 0 spiro atoms. The average Bonchev–Trinajstić information content (AvgIpc) is 2.82. The van der Waals surface area contributed by atoms with Crippen LogP contribution in [0.2, 0.25) is 0 Å². The van der Waals surface area contributed by atoms with Gasteiger partial charge in [0.2, 0.25) is 0 Å². The number of hydrogen-bond donors (Lipinski definition) is 2. The summed E-state index contributed by atoms with van der Waals surface area (Å²) in [4.78, 5) is 7.49. The molecule has 1 aromatic rings. The van der Waals surface area contributed by atoms with Gasteiger partial charge in [0.15, 0.2) is 0 Å². The van der Waals surface area contributed by atoms with E-state index in [1.807, 2.05) is 0 Å². The lowest BCUT2D eigenvalue weighted by atomic mass is 9.69. The van der Waals surface area contributed by atoms with Crippen LogP contribution in [-0.4, -0.2) is 16.0 Å². The smallest absolute Gasteiger partial charge is 0.0925 e. The van der Waals surface area contributed by atoms with E-state index in [0.717, 1.165) is 18.2 Å². The SMILES string of the molecule is CCC(C)(C)C1CCC(NCc2nc[nH]c2C)CC1. The molecule has 0 unspecified atom stereocenters. The van der Waals surface area contributed by atoms with Gasteiger partial charge in [-0.25, -0.2) is 4.98 Å². The third-order valence-electron chi connectivity index (χ3n) is 5.24. The van der Waals surface area contributed by atoms with E-state index >= 15 is 0 Å². The molecule has 2 rings (SSSR count). The summed E-state index contributed by atoms with van der Waals surface area (Å²) in [5.41, 5.74) is 2.87. The fourth-order valence-corrected chi connectivity index (χ4v) is 3.17. The van der Waals surface area contributed by atoms with Gasteiger partial charge in [-0.15, -0.1) is 0 Å². The molecule has 0 amide bonds. The van der Waals surface area contributed by atoms with Crippen molar-refractivity contribution in [3.63, 3.8) is 0 Å². The highest BCUT2D eigenvalue weighted by Gasteiger charge is 2.31. The molecular formula is C16H29N3. The Labute approximate surface area is 117 Å². The molecule has 1 saturated carbocycles. The Balaban J connectivity index is 1.76. The highest BCUT2D eigenvalue weighted by molar-refractivity contribution is 5.08. The van der Waals surface area contributed by atoms with E-state index in [2.05, 4.69) is 43.0 Å². The fraction of sp³-hybridized carbons (Fsp3) is 0.812. The average molecular weight is 263 g/mol.